The summed E-state index contributed by atoms with van der Waals surface area (Å²) in [6, 6.07) is 0. The van der Waals surface area contributed by atoms with Crippen LogP contribution in [0, 0.1) is 5.92 Å². The molecule has 0 bridgehead atoms. The lowest BCUT2D eigenvalue weighted by Crippen LogP contribution is -2.40. The van der Waals surface area contributed by atoms with Crippen LogP contribution in [0.3, 0.4) is 0 Å². The van der Waals surface area contributed by atoms with Crippen molar-refractivity contribution in [1.82, 2.24) is 15.8 Å². The van der Waals surface area contributed by atoms with E-state index >= 15 is 0 Å². The lowest BCUT2D eigenvalue weighted by molar-refractivity contribution is 0.200. The summed E-state index contributed by atoms with van der Waals surface area (Å²) in [6.07, 6.45) is 5.98. The van der Waals surface area contributed by atoms with Crippen molar-refractivity contribution in [3.63, 3.8) is 0 Å². The molecule has 92 valence electrons. The van der Waals surface area contributed by atoms with Gasteiger partial charge in [-0.25, -0.2) is 19.8 Å². The largest absolute Gasteiger partial charge is 0.373 e. The van der Waals surface area contributed by atoms with Gasteiger partial charge in [0, 0.05) is 19.7 Å². The van der Waals surface area contributed by atoms with Crippen molar-refractivity contribution in [2.75, 3.05) is 13.6 Å². The highest BCUT2D eigenvalue weighted by atomic mass is 19.1. The minimum atomic E-state index is -0.921. The third-order valence-corrected chi connectivity index (χ3v) is 3.63. The van der Waals surface area contributed by atoms with Crippen molar-refractivity contribution >= 4 is 5.71 Å². The Kier molecular flexibility index (Phi) is 2.63. The SMILES string of the molecule is CNC1=CC(C(F)C2CCC2)=NC2=CCNN21. The maximum atomic E-state index is 14.2. The number of allylic oxidation sites excluding steroid dienone is 1. The van der Waals surface area contributed by atoms with Gasteiger partial charge in [-0.05, 0) is 24.8 Å². The van der Waals surface area contributed by atoms with Crippen molar-refractivity contribution in [1.29, 1.82) is 0 Å². The number of fused-ring (bicyclic) bond motifs is 1. The molecule has 1 aliphatic carbocycles. The van der Waals surface area contributed by atoms with Crippen LogP contribution in [0.4, 0.5) is 4.39 Å². The number of hydrogen-bond acceptors (Lipinski definition) is 4. The second-order valence-electron chi connectivity index (χ2n) is 4.67. The van der Waals surface area contributed by atoms with E-state index in [1.54, 1.807) is 6.08 Å². The van der Waals surface area contributed by atoms with Crippen LogP contribution in [-0.2, 0) is 0 Å². The number of hydrogen-bond donors (Lipinski definition) is 2. The van der Waals surface area contributed by atoms with E-state index in [-0.39, 0.29) is 5.92 Å². The minimum absolute atomic E-state index is 0.171. The van der Waals surface area contributed by atoms with Crippen molar-refractivity contribution in [2.45, 2.75) is 25.4 Å². The molecule has 0 aromatic heterocycles. The van der Waals surface area contributed by atoms with E-state index in [4.69, 9.17) is 0 Å². The summed E-state index contributed by atoms with van der Waals surface area (Å²) in [5.74, 6) is 1.83. The zero-order valence-corrected chi connectivity index (χ0v) is 9.91. The first-order valence-corrected chi connectivity index (χ1v) is 6.15. The molecule has 2 heterocycles. The Morgan fingerprint density at radius 2 is 2.41 bits per heavy atom. The van der Waals surface area contributed by atoms with Gasteiger partial charge in [0.2, 0.25) is 0 Å². The van der Waals surface area contributed by atoms with Crippen LogP contribution in [0.5, 0.6) is 0 Å². The molecule has 1 atom stereocenters. The number of nitrogens with one attached hydrogen (secondary N) is 2. The second-order valence-corrected chi connectivity index (χ2v) is 4.67. The Bertz CT molecular complexity index is 409. The summed E-state index contributed by atoms with van der Waals surface area (Å²) in [7, 11) is 1.84. The van der Waals surface area contributed by atoms with Gasteiger partial charge in [0.25, 0.3) is 0 Å². The molecule has 1 unspecified atom stereocenters. The van der Waals surface area contributed by atoms with E-state index in [2.05, 4.69) is 15.7 Å². The lowest BCUT2D eigenvalue weighted by atomic mass is 9.80. The molecule has 0 aromatic carbocycles. The monoisotopic (exact) mass is 236 g/mol. The lowest BCUT2D eigenvalue weighted by Gasteiger charge is -2.32. The van der Waals surface area contributed by atoms with Gasteiger partial charge < -0.3 is 5.32 Å². The fourth-order valence-electron chi connectivity index (χ4n) is 2.37. The van der Waals surface area contributed by atoms with Crippen LogP contribution >= 0.6 is 0 Å². The van der Waals surface area contributed by atoms with Gasteiger partial charge in [-0.1, -0.05) is 6.42 Å². The molecule has 4 nitrogen and oxygen atoms in total. The Hall–Kier alpha value is -1.36. The molecule has 3 aliphatic rings. The van der Waals surface area contributed by atoms with Crippen molar-refractivity contribution in [3.8, 4) is 0 Å². The topological polar surface area (TPSA) is 39.7 Å². The molecule has 0 saturated heterocycles. The first kappa shape index (κ1) is 10.8. The maximum absolute atomic E-state index is 14.2. The molecular weight excluding hydrogens is 219 g/mol. The summed E-state index contributed by atoms with van der Waals surface area (Å²) < 4.78 is 14.2. The molecule has 0 radical (unpaired) electrons. The van der Waals surface area contributed by atoms with Gasteiger partial charge in [-0.15, -0.1) is 0 Å². The fourth-order valence-corrected chi connectivity index (χ4v) is 2.37. The number of aliphatic imine (C=N–C) groups is 1. The number of halogens is 1. The van der Waals surface area contributed by atoms with Gasteiger partial charge in [0.1, 0.15) is 17.8 Å². The number of hydrazine groups is 1. The molecule has 0 aromatic rings. The zero-order chi connectivity index (χ0) is 11.8. The van der Waals surface area contributed by atoms with Crippen LogP contribution in [0.2, 0.25) is 0 Å². The minimum Gasteiger partial charge on any atom is -0.373 e. The fraction of sp³-hybridized carbons (Fsp3) is 0.583. The van der Waals surface area contributed by atoms with Gasteiger partial charge in [0.05, 0.1) is 5.71 Å². The molecule has 0 spiro atoms. The summed E-state index contributed by atoms with van der Waals surface area (Å²) >= 11 is 0. The van der Waals surface area contributed by atoms with Crippen LogP contribution in [0.1, 0.15) is 19.3 Å². The van der Waals surface area contributed by atoms with Gasteiger partial charge in [0.15, 0.2) is 0 Å². The first-order valence-electron chi connectivity index (χ1n) is 6.15. The molecule has 2 N–H and O–H groups in total. The van der Waals surface area contributed by atoms with E-state index < -0.39 is 6.17 Å². The third kappa shape index (κ3) is 1.74. The highest BCUT2D eigenvalue weighted by molar-refractivity contribution is 6.00. The summed E-state index contributed by atoms with van der Waals surface area (Å²) in [5, 5.41) is 4.93. The van der Waals surface area contributed by atoms with Crippen LogP contribution < -0.4 is 10.7 Å². The standard InChI is InChI=1S/C12H17FN4/c1-14-11-7-9(12(13)8-3-2-4-8)16-10-5-6-15-17(10)11/h5,7-8,12,14-15H,2-4,6H2,1H3. The average Bonchev–Trinajstić information content (AvgIpc) is 2.73. The van der Waals surface area contributed by atoms with E-state index in [9.17, 15) is 4.39 Å². The molecule has 17 heavy (non-hydrogen) atoms. The predicted molar refractivity (Wildman–Crippen MR) is 64.7 cm³/mol. The Morgan fingerprint density at radius 1 is 1.59 bits per heavy atom. The van der Waals surface area contributed by atoms with Crippen LogP contribution in [-0.4, -0.2) is 30.5 Å². The van der Waals surface area contributed by atoms with Crippen molar-refractivity contribution in [2.24, 2.45) is 10.9 Å². The summed E-state index contributed by atoms with van der Waals surface area (Å²) in [5.41, 5.74) is 3.72. The van der Waals surface area contributed by atoms with Crippen molar-refractivity contribution in [3.05, 3.63) is 23.8 Å². The average molecular weight is 236 g/mol. The Morgan fingerprint density at radius 3 is 3.06 bits per heavy atom. The smallest absolute Gasteiger partial charge is 0.146 e. The number of alkyl halides is 1. The van der Waals surface area contributed by atoms with E-state index in [1.165, 1.54) is 0 Å². The normalized spacial score (nSPS) is 25.5. The summed E-state index contributed by atoms with van der Waals surface area (Å²) in [6.45, 7) is 0.742. The Balaban J connectivity index is 1.86. The van der Waals surface area contributed by atoms with Gasteiger partial charge in [-0.3, -0.25) is 0 Å². The summed E-state index contributed by atoms with van der Waals surface area (Å²) in [4.78, 5) is 4.39. The molecular formula is C12H17FN4. The third-order valence-electron chi connectivity index (χ3n) is 3.63. The van der Waals surface area contributed by atoms with Crippen molar-refractivity contribution < 1.29 is 4.39 Å². The van der Waals surface area contributed by atoms with E-state index in [0.717, 1.165) is 37.4 Å². The zero-order valence-electron chi connectivity index (χ0n) is 9.91. The van der Waals surface area contributed by atoms with Crippen LogP contribution in [0.15, 0.2) is 28.8 Å². The number of rotatable bonds is 3. The predicted octanol–water partition coefficient (Wildman–Crippen LogP) is 1.30. The molecule has 1 fully saturated rings. The van der Waals surface area contributed by atoms with Crippen LogP contribution in [0.25, 0.3) is 0 Å². The van der Waals surface area contributed by atoms with E-state index in [1.807, 2.05) is 18.1 Å². The molecule has 0 amide bonds. The molecule has 5 heteroatoms. The highest BCUT2D eigenvalue weighted by Crippen LogP contribution is 2.33. The van der Waals surface area contributed by atoms with E-state index in [0.29, 0.717) is 5.71 Å². The quantitative estimate of drug-likeness (QED) is 0.776. The molecule has 1 saturated carbocycles. The number of nitrogens with zero attached hydrogens (tertiary/aromatic N) is 2. The molecule has 2 aliphatic heterocycles. The molecule has 3 rings (SSSR count). The maximum Gasteiger partial charge on any atom is 0.146 e. The highest BCUT2D eigenvalue weighted by Gasteiger charge is 2.33. The Labute approximate surface area is 100 Å². The second kappa shape index (κ2) is 4.14. The first-order chi connectivity index (χ1) is 8.29. The van der Waals surface area contributed by atoms with Gasteiger partial charge >= 0.3 is 0 Å². The van der Waals surface area contributed by atoms with Gasteiger partial charge in [-0.2, -0.15) is 0 Å².